The smallest absolute Gasteiger partial charge is 0.394 e. The number of rotatable bonds is 8. The summed E-state index contributed by atoms with van der Waals surface area (Å²) in [6.45, 7) is 0.594. The lowest BCUT2D eigenvalue weighted by molar-refractivity contribution is -0.128. The van der Waals surface area contributed by atoms with E-state index >= 15 is 0 Å². The molecule has 0 bridgehead atoms. The van der Waals surface area contributed by atoms with Gasteiger partial charge in [-0.25, -0.2) is 13.4 Å². The van der Waals surface area contributed by atoms with Gasteiger partial charge in [0.1, 0.15) is 17.1 Å². The van der Waals surface area contributed by atoms with E-state index in [0.717, 1.165) is 6.26 Å². The van der Waals surface area contributed by atoms with Crippen molar-refractivity contribution in [3.63, 3.8) is 0 Å². The zero-order valence-corrected chi connectivity index (χ0v) is 23.3. The molecule has 0 radical (unpaired) electrons. The maximum absolute atomic E-state index is 13.5. The minimum absolute atomic E-state index is 0.0138. The molecule has 214 valence electrons. The third-order valence-electron chi connectivity index (χ3n) is 6.49. The van der Waals surface area contributed by atoms with Crippen LogP contribution >= 0.6 is 0 Å². The molecule has 3 aromatic rings. The van der Waals surface area contributed by atoms with Gasteiger partial charge >= 0.3 is 6.18 Å². The second-order valence-corrected chi connectivity index (χ2v) is 11.9. The maximum atomic E-state index is 13.5. The Kier molecular flexibility index (Phi) is 8.32. The summed E-state index contributed by atoms with van der Waals surface area (Å²) in [5.41, 5.74) is 1.30. The van der Waals surface area contributed by atoms with Gasteiger partial charge in [-0.05, 0) is 44.6 Å². The van der Waals surface area contributed by atoms with E-state index in [9.17, 15) is 26.4 Å². The number of amides is 1. The quantitative estimate of drug-likeness (QED) is 0.397. The fraction of sp³-hybridized carbons (Fsp3) is 0.407. The van der Waals surface area contributed by atoms with Gasteiger partial charge in [-0.3, -0.25) is 4.79 Å². The fourth-order valence-electron chi connectivity index (χ4n) is 4.73. The van der Waals surface area contributed by atoms with Crippen LogP contribution in [0.15, 0.2) is 41.4 Å². The number of ether oxygens (including phenoxy) is 1. The molecule has 1 amide bonds. The molecule has 0 aliphatic carbocycles. The Morgan fingerprint density at radius 3 is 2.67 bits per heavy atom. The SMILES string of the molecule is COc1cc(S(C)(=O)=O)ccc1NCC#Cc1nc2c(C3C[C@H](CN(C)C)C(=O)N3)cccn2c1CC(F)(F)F. The van der Waals surface area contributed by atoms with E-state index in [1.165, 1.54) is 35.9 Å². The first-order chi connectivity index (χ1) is 18.8. The Bertz CT molecular complexity index is 1590. The lowest BCUT2D eigenvalue weighted by Crippen LogP contribution is -2.28. The summed E-state index contributed by atoms with van der Waals surface area (Å²) in [5.74, 6) is 5.50. The molecular formula is C27H30F3N5O4S. The number of pyridine rings is 1. The number of benzene rings is 1. The molecule has 1 saturated heterocycles. The van der Waals surface area contributed by atoms with E-state index in [4.69, 9.17) is 4.74 Å². The zero-order chi connectivity index (χ0) is 29.2. The van der Waals surface area contributed by atoms with Crippen molar-refractivity contribution in [2.45, 2.75) is 30.0 Å². The molecule has 2 N–H and O–H groups in total. The third-order valence-corrected chi connectivity index (χ3v) is 7.60. The summed E-state index contributed by atoms with van der Waals surface area (Å²) < 4.78 is 70.9. The Morgan fingerprint density at radius 2 is 2.02 bits per heavy atom. The van der Waals surface area contributed by atoms with Crippen LogP contribution in [0.3, 0.4) is 0 Å². The van der Waals surface area contributed by atoms with E-state index in [2.05, 4.69) is 27.5 Å². The first kappa shape index (κ1) is 29.2. The summed E-state index contributed by atoms with van der Waals surface area (Å²) >= 11 is 0. The van der Waals surface area contributed by atoms with Crippen molar-refractivity contribution >= 4 is 27.1 Å². The van der Waals surface area contributed by atoms with Crippen molar-refractivity contribution in [2.75, 3.05) is 45.9 Å². The minimum atomic E-state index is -4.49. The third kappa shape index (κ3) is 6.68. The van der Waals surface area contributed by atoms with Gasteiger partial charge in [0.05, 0.1) is 48.3 Å². The van der Waals surface area contributed by atoms with Crippen molar-refractivity contribution < 1.29 is 31.1 Å². The Hall–Kier alpha value is -3.76. The lowest BCUT2D eigenvalue weighted by atomic mass is 10.00. The van der Waals surface area contributed by atoms with E-state index < -0.39 is 22.4 Å². The maximum Gasteiger partial charge on any atom is 0.394 e. The highest BCUT2D eigenvalue weighted by molar-refractivity contribution is 7.90. The number of methoxy groups -OCH3 is 1. The van der Waals surface area contributed by atoms with Gasteiger partial charge in [0.15, 0.2) is 9.84 Å². The van der Waals surface area contributed by atoms with Gasteiger partial charge in [0.2, 0.25) is 5.91 Å². The molecule has 1 aliphatic heterocycles. The van der Waals surface area contributed by atoms with Crippen LogP contribution in [-0.2, 0) is 21.1 Å². The van der Waals surface area contributed by atoms with Crippen LogP contribution in [-0.4, -0.2) is 75.3 Å². The second kappa shape index (κ2) is 11.4. The number of carbonyl (C=O) groups is 1. The van der Waals surface area contributed by atoms with E-state index in [-0.39, 0.29) is 46.4 Å². The predicted molar refractivity (Wildman–Crippen MR) is 144 cm³/mol. The highest BCUT2D eigenvalue weighted by Gasteiger charge is 2.36. The summed E-state index contributed by atoms with van der Waals surface area (Å²) in [5, 5.41) is 5.95. The zero-order valence-electron chi connectivity index (χ0n) is 22.5. The molecule has 0 spiro atoms. The van der Waals surface area contributed by atoms with Crippen LogP contribution in [0.5, 0.6) is 5.75 Å². The number of imidazole rings is 1. The van der Waals surface area contributed by atoms with Crippen LogP contribution in [0.2, 0.25) is 0 Å². The number of alkyl halides is 3. The molecule has 2 aromatic heterocycles. The number of nitrogens with zero attached hydrogens (tertiary/aromatic N) is 3. The topological polar surface area (TPSA) is 105 Å². The molecule has 3 heterocycles. The van der Waals surface area contributed by atoms with Crippen LogP contribution in [0.25, 0.3) is 5.65 Å². The molecule has 1 aliphatic rings. The predicted octanol–water partition coefficient (Wildman–Crippen LogP) is 3.05. The number of sulfone groups is 1. The van der Waals surface area contributed by atoms with Gasteiger partial charge in [0.25, 0.3) is 0 Å². The second-order valence-electron chi connectivity index (χ2n) is 9.90. The van der Waals surface area contributed by atoms with Crippen molar-refractivity contribution in [2.24, 2.45) is 5.92 Å². The van der Waals surface area contributed by atoms with Gasteiger partial charge in [-0.1, -0.05) is 12.0 Å². The molecule has 1 aromatic carbocycles. The number of hydrogen-bond donors (Lipinski definition) is 2. The highest BCUT2D eigenvalue weighted by atomic mass is 32.2. The van der Waals surface area contributed by atoms with Gasteiger partial charge in [-0.15, -0.1) is 0 Å². The van der Waals surface area contributed by atoms with Gasteiger partial charge in [0, 0.05) is 30.6 Å². The molecule has 1 fully saturated rings. The van der Waals surface area contributed by atoms with Gasteiger partial charge in [-0.2, -0.15) is 13.2 Å². The van der Waals surface area contributed by atoms with E-state index in [1.807, 2.05) is 19.0 Å². The number of fused-ring (bicyclic) bond motifs is 1. The number of aromatic nitrogens is 2. The Balaban J connectivity index is 1.63. The largest absolute Gasteiger partial charge is 0.495 e. The molecule has 1 unspecified atom stereocenters. The monoisotopic (exact) mass is 577 g/mol. The lowest BCUT2D eigenvalue weighted by Gasteiger charge is -2.14. The first-order valence-electron chi connectivity index (χ1n) is 12.4. The molecule has 0 saturated carbocycles. The average Bonchev–Trinajstić information content (AvgIpc) is 3.39. The van der Waals surface area contributed by atoms with Crippen LogP contribution in [0.1, 0.15) is 29.4 Å². The standard InChI is InChI=1S/C27H30F3N5O4S/c1-34(2)16-17-13-22(33-26(17)36)19-7-6-12-35-23(15-27(28,29)30)20(32-25(19)35)8-5-11-31-21-10-9-18(40(4,37)38)14-24(21)39-3/h6-7,9-10,12,14,17,22,31H,11,13,15-16H2,1-4H3,(H,33,36)/t17-,22?/m1/s1. The van der Waals surface area contributed by atoms with Crippen LogP contribution in [0.4, 0.5) is 18.9 Å². The van der Waals surface area contributed by atoms with Gasteiger partial charge < -0.3 is 24.7 Å². The summed E-state index contributed by atoms with van der Waals surface area (Å²) in [4.78, 5) is 19.0. The van der Waals surface area contributed by atoms with Crippen LogP contribution in [0, 0.1) is 17.8 Å². The number of hydrogen-bond acceptors (Lipinski definition) is 7. The molecule has 13 heteroatoms. The molecule has 9 nitrogen and oxygen atoms in total. The fourth-order valence-corrected chi connectivity index (χ4v) is 5.36. The number of halogens is 3. The number of anilines is 1. The van der Waals surface area contributed by atoms with Crippen molar-refractivity contribution in [3.05, 3.63) is 53.5 Å². The normalized spacial score (nSPS) is 17.6. The number of nitrogens with one attached hydrogen (secondary N) is 2. The molecule has 2 atom stereocenters. The molecule has 40 heavy (non-hydrogen) atoms. The Morgan fingerprint density at radius 1 is 1.27 bits per heavy atom. The number of carbonyl (C=O) groups excluding carboxylic acids is 1. The average molecular weight is 578 g/mol. The summed E-state index contributed by atoms with van der Waals surface area (Å²) in [6, 6.07) is 7.34. The van der Waals surface area contributed by atoms with E-state index in [1.54, 1.807) is 12.1 Å². The van der Waals surface area contributed by atoms with E-state index in [0.29, 0.717) is 29.9 Å². The summed E-state index contributed by atoms with van der Waals surface area (Å²) in [7, 11) is 1.71. The van der Waals surface area contributed by atoms with Crippen molar-refractivity contribution in [1.29, 1.82) is 0 Å². The summed E-state index contributed by atoms with van der Waals surface area (Å²) in [6.07, 6.45) is -2.62. The molecule has 4 rings (SSSR count). The first-order valence-corrected chi connectivity index (χ1v) is 14.3. The molecular weight excluding hydrogens is 547 g/mol. The Labute approximate surface area is 230 Å². The minimum Gasteiger partial charge on any atom is -0.495 e. The van der Waals surface area contributed by atoms with Crippen molar-refractivity contribution in [1.82, 2.24) is 19.6 Å². The van der Waals surface area contributed by atoms with Crippen molar-refractivity contribution in [3.8, 4) is 17.6 Å². The van der Waals surface area contributed by atoms with Crippen LogP contribution < -0.4 is 15.4 Å². The highest BCUT2D eigenvalue weighted by Crippen LogP contribution is 2.33.